The number of fused-ring (bicyclic) bond motifs is 2. The van der Waals surface area contributed by atoms with Gasteiger partial charge >= 0.3 is 42.8 Å². The predicted octanol–water partition coefficient (Wildman–Crippen LogP) is 1.24. The van der Waals surface area contributed by atoms with Crippen LogP contribution in [-0.4, -0.2) is 10.1 Å². The zero-order chi connectivity index (χ0) is 20.7. The SMILES string of the molecule is CC(C)C1[CH-]C2C=CC=CC2C1.CC(C)C1[CH-]C2C=CC=CC2C1.[CH3][Ge]([CH3])=[Hf+2].[Cl-].[Cl-]. The third kappa shape index (κ3) is 10.3. The zero-order valence-corrected chi connectivity index (χ0v) is 26.8. The van der Waals surface area contributed by atoms with Crippen molar-refractivity contribution < 1.29 is 46.1 Å². The molecule has 0 aromatic rings. The molecule has 4 aliphatic rings. The van der Waals surface area contributed by atoms with Crippen molar-refractivity contribution in [2.75, 3.05) is 0 Å². The van der Waals surface area contributed by atoms with Gasteiger partial charge in [0, 0.05) is 0 Å². The van der Waals surface area contributed by atoms with Crippen molar-refractivity contribution in [1.82, 2.24) is 0 Å². The van der Waals surface area contributed by atoms with Crippen molar-refractivity contribution in [2.24, 2.45) is 47.3 Å². The van der Waals surface area contributed by atoms with E-state index in [-0.39, 0.29) is 34.9 Å². The van der Waals surface area contributed by atoms with Gasteiger partial charge in [-0.1, -0.05) is 88.8 Å². The average Bonchev–Trinajstić information content (AvgIpc) is 3.26. The van der Waals surface area contributed by atoms with Crippen LogP contribution < -0.4 is 24.8 Å². The number of halogens is 2. The van der Waals surface area contributed by atoms with E-state index in [4.69, 9.17) is 0 Å². The van der Waals surface area contributed by atoms with E-state index >= 15 is 0 Å². The van der Waals surface area contributed by atoms with Crippen LogP contribution in [0.1, 0.15) is 40.5 Å². The molecular weight excluding hydrogens is 634 g/mol. The van der Waals surface area contributed by atoms with Crippen molar-refractivity contribution in [2.45, 2.75) is 52.0 Å². The van der Waals surface area contributed by atoms with Gasteiger partial charge in [-0.05, 0) is 11.8 Å². The first-order valence-corrected chi connectivity index (χ1v) is 25.8. The molecule has 0 bridgehead atoms. The van der Waals surface area contributed by atoms with Crippen LogP contribution in [-0.2, 0) is 21.3 Å². The number of allylic oxidation sites excluding steroid dienone is 8. The summed E-state index contributed by atoms with van der Waals surface area (Å²) in [5.41, 5.74) is 0. The summed E-state index contributed by atoms with van der Waals surface area (Å²) < 4.78 is 0. The van der Waals surface area contributed by atoms with Crippen LogP contribution in [0.25, 0.3) is 0 Å². The molecule has 0 spiro atoms. The number of hydrogen-bond donors (Lipinski definition) is 0. The first-order valence-electron chi connectivity index (χ1n) is 11.2. The fraction of sp³-hybridized carbons (Fsp3) is 0.615. The monoisotopic (exact) mass is 676 g/mol. The Labute approximate surface area is 215 Å². The van der Waals surface area contributed by atoms with Crippen LogP contribution >= 0.6 is 0 Å². The van der Waals surface area contributed by atoms with Gasteiger partial charge in [-0.15, -0.1) is 24.0 Å². The Kier molecular flexibility index (Phi) is 16.2. The number of hydrogen-bond acceptors (Lipinski definition) is 0. The zero-order valence-electron chi connectivity index (χ0n) is 19.6. The maximum Gasteiger partial charge on any atom is -1.00 e. The molecular formula is C26H40Cl2GeHf-2. The molecule has 0 nitrogen and oxygen atoms in total. The third-order valence-corrected chi connectivity index (χ3v) is 6.33. The van der Waals surface area contributed by atoms with E-state index in [0.717, 1.165) is 47.3 Å². The minimum Gasteiger partial charge on any atom is -1.00 e. The van der Waals surface area contributed by atoms with Crippen LogP contribution in [0.5, 0.6) is 0 Å². The average molecular weight is 675 g/mol. The molecule has 0 amide bonds. The van der Waals surface area contributed by atoms with Gasteiger partial charge in [0.1, 0.15) is 0 Å². The summed E-state index contributed by atoms with van der Waals surface area (Å²) in [6, 6.07) is 0. The second-order valence-corrected chi connectivity index (χ2v) is 32.6. The molecule has 6 atom stereocenters. The van der Waals surface area contributed by atoms with Gasteiger partial charge < -0.3 is 37.7 Å². The Morgan fingerprint density at radius 2 is 1.00 bits per heavy atom. The van der Waals surface area contributed by atoms with E-state index in [1.807, 2.05) is 0 Å². The molecule has 6 unspecified atom stereocenters. The molecule has 2 saturated carbocycles. The molecule has 0 N–H and O–H groups in total. The van der Waals surface area contributed by atoms with E-state index < -0.39 is 0 Å². The molecule has 0 aromatic carbocycles. The Morgan fingerprint density at radius 3 is 1.27 bits per heavy atom. The van der Waals surface area contributed by atoms with Crippen molar-refractivity contribution in [3.63, 3.8) is 0 Å². The molecule has 0 saturated heterocycles. The van der Waals surface area contributed by atoms with Gasteiger partial charge in [-0.25, -0.2) is 0 Å². The summed E-state index contributed by atoms with van der Waals surface area (Å²) in [4.78, 5) is 0. The van der Waals surface area contributed by atoms with E-state index in [1.54, 1.807) is 0 Å². The van der Waals surface area contributed by atoms with Crippen molar-refractivity contribution in [3.8, 4) is 0 Å². The Hall–Kier alpha value is 0.953. The first-order chi connectivity index (χ1) is 13.3. The summed E-state index contributed by atoms with van der Waals surface area (Å²) in [5, 5.41) is 0. The molecule has 4 heteroatoms. The normalized spacial score (nSPS) is 32.2. The standard InChI is InChI=1S/2C12H17.C2H6Ge.2ClH.Hf/c2*1-9(2)12-7-10-5-3-4-6-11(10)8-12;1-3-2;;;/h2*3-7,9-12H,8H2,1-2H3;1-2H3;2*1H;/q2*-1;;;;+2/p-2. The summed E-state index contributed by atoms with van der Waals surface area (Å²) in [6.07, 6.45) is 26.0. The summed E-state index contributed by atoms with van der Waals surface area (Å²) in [6.45, 7) is 9.30. The van der Waals surface area contributed by atoms with Gasteiger partial charge in [0.15, 0.2) is 0 Å². The molecule has 0 radical (unpaired) electrons. The molecule has 0 heterocycles. The molecule has 4 rings (SSSR count). The van der Waals surface area contributed by atoms with Gasteiger partial charge in [-0.3, -0.25) is 0 Å². The summed E-state index contributed by atoms with van der Waals surface area (Å²) >= 11 is 1.52. The van der Waals surface area contributed by atoms with E-state index in [2.05, 4.69) is 101 Å². The van der Waals surface area contributed by atoms with Gasteiger partial charge in [0.05, 0.1) is 0 Å². The minimum absolute atomic E-state index is 0. The van der Waals surface area contributed by atoms with Crippen molar-refractivity contribution in [1.29, 1.82) is 0 Å². The van der Waals surface area contributed by atoms with Crippen LogP contribution in [0.3, 0.4) is 0 Å². The van der Waals surface area contributed by atoms with Crippen LogP contribution in [0.15, 0.2) is 48.6 Å². The topological polar surface area (TPSA) is 0 Å². The van der Waals surface area contributed by atoms with Crippen molar-refractivity contribution in [3.05, 3.63) is 61.4 Å². The maximum absolute atomic E-state index is 2.54. The minimum atomic E-state index is -0.194. The fourth-order valence-electron chi connectivity index (χ4n) is 4.57. The smallest absolute Gasteiger partial charge is 1.00 e. The second kappa shape index (κ2) is 15.7. The van der Waals surface area contributed by atoms with Gasteiger partial charge in [0.2, 0.25) is 0 Å². The Bertz CT molecular complexity index is 529. The molecule has 30 heavy (non-hydrogen) atoms. The maximum atomic E-state index is 2.54. The van der Waals surface area contributed by atoms with Gasteiger partial charge in [0.25, 0.3) is 0 Å². The Morgan fingerprint density at radius 1 is 0.700 bits per heavy atom. The summed E-state index contributed by atoms with van der Waals surface area (Å²) in [5.74, 6) is 11.2. The number of rotatable bonds is 2. The van der Waals surface area contributed by atoms with Gasteiger partial charge in [-0.2, -0.15) is 11.8 Å². The quantitative estimate of drug-likeness (QED) is 0.306. The van der Waals surface area contributed by atoms with Crippen LogP contribution in [0, 0.1) is 60.2 Å². The largest absolute Gasteiger partial charge is 1.00 e. The van der Waals surface area contributed by atoms with E-state index in [0.29, 0.717) is 0 Å². The molecule has 2 fully saturated rings. The fourth-order valence-corrected chi connectivity index (χ4v) is 4.57. The van der Waals surface area contributed by atoms with E-state index in [1.165, 1.54) is 34.1 Å². The molecule has 4 aliphatic carbocycles. The predicted molar refractivity (Wildman–Crippen MR) is 122 cm³/mol. The van der Waals surface area contributed by atoms with Crippen molar-refractivity contribution >= 4 is 10.1 Å². The molecule has 168 valence electrons. The molecule has 0 aromatic heterocycles. The van der Waals surface area contributed by atoms with E-state index in [9.17, 15) is 0 Å². The summed E-state index contributed by atoms with van der Waals surface area (Å²) in [7, 11) is -0.194. The molecule has 0 aliphatic heterocycles. The second-order valence-electron chi connectivity index (χ2n) is 9.69. The Balaban J connectivity index is 0.000000452. The van der Waals surface area contributed by atoms with Crippen LogP contribution in [0.4, 0.5) is 0 Å². The van der Waals surface area contributed by atoms with Crippen LogP contribution in [0.2, 0.25) is 11.5 Å². The third-order valence-electron chi connectivity index (χ3n) is 6.33. The first kappa shape index (κ1) is 31.0.